The van der Waals surface area contributed by atoms with E-state index in [1.807, 2.05) is 18.2 Å². The van der Waals surface area contributed by atoms with Crippen molar-refractivity contribution in [2.75, 3.05) is 36.0 Å². The molecule has 0 bridgehead atoms. The highest BCUT2D eigenvalue weighted by Gasteiger charge is 2.51. The van der Waals surface area contributed by atoms with Crippen LogP contribution in [-0.4, -0.2) is 56.4 Å². The van der Waals surface area contributed by atoms with Crippen molar-refractivity contribution in [1.82, 2.24) is 0 Å². The molecule has 2 saturated heterocycles. The van der Waals surface area contributed by atoms with E-state index in [-0.39, 0.29) is 30.5 Å². The molecule has 2 aromatic rings. The van der Waals surface area contributed by atoms with Crippen LogP contribution in [0.5, 0.6) is 0 Å². The lowest BCUT2D eigenvalue weighted by molar-refractivity contribution is -0.121. The van der Waals surface area contributed by atoms with Crippen molar-refractivity contribution < 1.29 is 22.5 Å². The number of fused-ring (bicyclic) bond motifs is 1. The molecule has 3 aliphatic heterocycles. The van der Waals surface area contributed by atoms with Crippen molar-refractivity contribution >= 4 is 35.4 Å². The SMILES string of the molecule is CC1(C)OB(c2ccc(N3CCN(c4ccc5c(c4)CC(CC(F)(F)F)=N5)CC3)cc2)OC1(C)C. The maximum atomic E-state index is 12.7. The predicted octanol–water partition coefficient (Wildman–Crippen LogP) is 4.89. The Bertz CT molecular complexity index is 1110. The van der Waals surface area contributed by atoms with E-state index in [1.54, 1.807) is 0 Å². The molecule has 0 amide bonds. The first kappa shape index (κ1) is 24.2. The Hall–Kier alpha value is -2.52. The average molecular weight is 485 g/mol. The van der Waals surface area contributed by atoms with Gasteiger partial charge in [0.1, 0.15) is 0 Å². The number of rotatable bonds is 4. The van der Waals surface area contributed by atoms with Gasteiger partial charge in [0.15, 0.2) is 0 Å². The van der Waals surface area contributed by atoms with E-state index >= 15 is 0 Å². The van der Waals surface area contributed by atoms with Gasteiger partial charge in [-0.1, -0.05) is 12.1 Å². The average Bonchev–Trinajstić information content (AvgIpc) is 3.27. The number of halogens is 3. The lowest BCUT2D eigenvalue weighted by Gasteiger charge is -2.37. The molecule has 0 aromatic heterocycles. The van der Waals surface area contributed by atoms with Gasteiger partial charge in [0.25, 0.3) is 0 Å². The Morgan fingerprint density at radius 2 is 1.40 bits per heavy atom. The first-order chi connectivity index (χ1) is 16.4. The molecule has 0 aliphatic carbocycles. The second kappa shape index (κ2) is 8.55. The highest BCUT2D eigenvalue weighted by atomic mass is 19.4. The fourth-order valence-corrected chi connectivity index (χ4v) is 4.83. The molecule has 5 rings (SSSR count). The zero-order chi connectivity index (χ0) is 25.0. The number of benzene rings is 2. The number of anilines is 2. The van der Waals surface area contributed by atoms with Gasteiger partial charge in [-0.15, -0.1) is 0 Å². The molecular formula is C26H31BF3N3O2. The summed E-state index contributed by atoms with van der Waals surface area (Å²) in [5.74, 6) is 0. The van der Waals surface area contributed by atoms with Gasteiger partial charge >= 0.3 is 13.3 Å². The van der Waals surface area contributed by atoms with Gasteiger partial charge in [-0.05, 0) is 69.1 Å². The second-order valence-electron chi connectivity index (χ2n) is 10.6. The van der Waals surface area contributed by atoms with Crippen LogP contribution in [0.25, 0.3) is 0 Å². The predicted molar refractivity (Wildman–Crippen MR) is 134 cm³/mol. The van der Waals surface area contributed by atoms with Crippen molar-refractivity contribution in [2.24, 2.45) is 4.99 Å². The Labute approximate surface area is 205 Å². The molecule has 0 N–H and O–H groups in total. The largest absolute Gasteiger partial charge is 0.494 e. The molecule has 9 heteroatoms. The molecule has 2 fully saturated rings. The van der Waals surface area contributed by atoms with Gasteiger partial charge in [0.2, 0.25) is 0 Å². The smallest absolute Gasteiger partial charge is 0.399 e. The minimum Gasteiger partial charge on any atom is -0.399 e. The summed E-state index contributed by atoms with van der Waals surface area (Å²) in [4.78, 5) is 8.82. The summed E-state index contributed by atoms with van der Waals surface area (Å²) in [5, 5.41) is 0. The third-order valence-corrected chi connectivity index (χ3v) is 7.57. The van der Waals surface area contributed by atoms with Crippen molar-refractivity contribution in [3.8, 4) is 0 Å². The van der Waals surface area contributed by atoms with Crippen LogP contribution in [0.2, 0.25) is 0 Å². The fraction of sp³-hybridized carbons (Fsp3) is 0.500. The molecule has 0 radical (unpaired) electrons. The Balaban J connectivity index is 1.18. The minimum atomic E-state index is -4.22. The van der Waals surface area contributed by atoms with Gasteiger partial charge in [0.05, 0.1) is 23.3 Å². The van der Waals surface area contributed by atoms with E-state index in [2.05, 4.69) is 66.8 Å². The summed E-state index contributed by atoms with van der Waals surface area (Å²) in [7, 11) is -0.369. The molecule has 0 spiro atoms. The first-order valence-electron chi connectivity index (χ1n) is 12.1. The molecule has 186 valence electrons. The molecule has 35 heavy (non-hydrogen) atoms. The molecule has 2 aromatic carbocycles. The topological polar surface area (TPSA) is 37.3 Å². The zero-order valence-electron chi connectivity index (χ0n) is 20.7. The number of hydrogen-bond acceptors (Lipinski definition) is 5. The highest BCUT2D eigenvalue weighted by Crippen LogP contribution is 2.37. The molecule has 0 atom stereocenters. The standard InChI is InChI=1S/C26H31BF3N3O2/c1-24(2)25(3,4)35-27(34-24)19-5-7-21(8-6-19)32-11-13-33(14-12-32)22-9-10-23-18(16-22)15-20(31-23)17-26(28,29)30/h5-10,16H,11-15,17H2,1-4H3. The fourth-order valence-electron chi connectivity index (χ4n) is 4.83. The Kier molecular flexibility index (Phi) is 5.91. The summed E-state index contributed by atoms with van der Waals surface area (Å²) in [6.45, 7) is 11.6. The molecule has 0 unspecified atom stereocenters. The normalized spacial score (nSPS) is 21.3. The molecule has 0 saturated carbocycles. The third-order valence-electron chi connectivity index (χ3n) is 7.57. The van der Waals surface area contributed by atoms with Gasteiger partial charge in [-0.3, -0.25) is 4.99 Å². The number of nitrogens with zero attached hydrogens (tertiary/aromatic N) is 3. The van der Waals surface area contributed by atoms with Crippen molar-refractivity contribution in [1.29, 1.82) is 0 Å². The van der Waals surface area contributed by atoms with E-state index < -0.39 is 12.6 Å². The van der Waals surface area contributed by atoms with Crippen molar-refractivity contribution in [2.45, 2.75) is 57.9 Å². The van der Waals surface area contributed by atoms with Crippen molar-refractivity contribution in [3.05, 3.63) is 48.0 Å². The van der Waals surface area contributed by atoms with E-state index in [9.17, 15) is 13.2 Å². The zero-order valence-corrected chi connectivity index (χ0v) is 20.7. The number of hydrogen-bond donors (Lipinski definition) is 0. The number of piperazine rings is 1. The van der Waals surface area contributed by atoms with Crippen LogP contribution in [0.1, 0.15) is 39.7 Å². The molecular weight excluding hydrogens is 454 g/mol. The summed E-state index contributed by atoms with van der Waals surface area (Å²) >= 11 is 0. The molecule has 3 heterocycles. The second-order valence-corrected chi connectivity index (χ2v) is 10.6. The van der Waals surface area contributed by atoms with Crippen molar-refractivity contribution in [3.63, 3.8) is 0 Å². The summed E-state index contributed by atoms with van der Waals surface area (Å²) in [6, 6.07) is 14.2. The monoisotopic (exact) mass is 485 g/mol. The Morgan fingerprint density at radius 3 is 1.97 bits per heavy atom. The van der Waals surface area contributed by atoms with Gasteiger partial charge < -0.3 is 19.1 Å². The molecule has 5 nitrogen and oxygen atoms in total. The lowest BCUT2D eigenvalue weighted by Crippen LogP contribution is -2.46. The van der Waals surface area contributed by atoms with E-state index in [1.165, 1.54) is 0 Å². The summed E-state index contributed by atoms with van der Waals surface area (Å²) < 4.78 is 50.5. The van der Waals surface area contributed by atoms with Crippen LogP contribution < -0.4 is 15.3 Å². The van der Waals surface area contributed by atoms with Crippen LogP contribution in [0, 0.1) is 0 Å². The Morgan fingerprint density at radius 1 is 0.857 bits per heavy atom. The van der Waals surface area contributed by atoms with Crippen LogP contribution in [0.15, 0.2) is 47.5 Å². The maximum absolute atomic E-state index is 12.7. The quantitative estimate of drug-likeness (QED) is 0.578. The third kappa shape index (κ3) is 4.93. The number of alkyl halides is 3. The van der Waals surface area contributed by atoms with Gasteiger partial charge in [0, 0.05) is 49.7 Å². The molecule has 3 aliphatic rings. The minimum absolute atomic E-state index is 0.193. The summed E-state index contributed by atoms with van der Waals surface area (Å²) in [5.41, 5.74) is 4.21. The first-order valence-corrected chi connectivity index (χ1v) is 12.1. The van der Waals surface area contributed by atoms with Crippen LogP contribution in [-0.2, 0) is 15.7 Å². The van der Waals surface area contributed by atoms with E-state index in [0.717, 1.165) is 48.6 Å². The summed E-state index contributed by atoms with van der Waals surface area (Å²) in [6.07, 6.45) is -4.89. The van der Waals surface area contributed by atoms with Crippen LogP contribution >= 0.6 is 0 Å². The van der Waals surface area contributed by atoms with Crippen LogP contribution in [0.3, 0.4) is 0 Å². The van der Waals surface area contributed by atoms with E-state index in [0.29, 0.717) is 5.69 Å². The van der Waals surface area contributed by atoms with Gasteiger partial charge in [-0.2, -0.15) is 13.2 Å². The van der Waals surface area contributed by atoms with E-state index in [4.69, 9.17) is 9.31 Å². The van der Waals surface area contributed by atoms with Gasteiger partial charge in [-0.25, -0.2) is 0 Å². The number of aliphatic imine (C=N–C) groups is 1. The highest BCUT2D eigenvalue weighted by molar-refractivity contribution is 6.62. The maximum Gasteiger partial charge on any atom is 0.494 e. The lowest BCUT2D eigenvalue weighted by atomic mass is 9.79. The van der Waals surface area contributed by atoms with Crippen LogP contribution in [0.4, 0.5) is 30.2 Å².